The van der Waals surface area contributed by atoms with Gasteiger partial charge in [-0.3, -0.25) is 4.79 Å². The van der Waals surface area contributed by atoms with Gasteiger partial charge in [0.2, 0.25) is 0 Å². The smallest absolute Gasteiger partial charge is 0.185 e. The Kier molecular flexibility index (Phi) is 4.85. The minimum Gasteiger partial charge on any atom is -0.293 e. The molecular formula is C16H16O3S2. The molecule has 0 amide bonds. The molecule has 0 heterocycles. The maximum atomic E-state index is 12.3. The van der Waals surface area contributed by atoms with E-state index in [2.05, 4.69) is 0 Å². The lowest BCUT2D eigenvalue weighted by Gasteiger charge is -2.05. The van der Waals surface area contributed by atoms with Crippen molar-refractivity contribution in [3.63, 3.8) is 0 Å². The summed E-state index contributed by atoms with van der Waals surface area (Å²) in [5.41, 5.74) is 1.27. The maximum absolute atomic E-state index is 12.3. The van der Waals surface area contributed by atoms with Gasteiger partial charge in [0.1, 0.15) is 5.75 Å². The summed E-state index contributed by atoms with van der Waals surface area (Å²) in [6, 6.07) is 13.6. The molecular weight excluding hydrogens is 304 g/mol. The topological polar surface area (TPSA) is 51.2 Å². The predicted octanol–water partition coefficient (Wildman–Crippen LogP) is 3.37. The summed E-state index contributed by atoms with van der Waals surface area (Å²) in [5.74, 6) is -0.890. The quantitative estimate of drug-likeness (QED) is 0.626. The molecule has 2 rings (SSSR count). The van der Waals surface area contributed by atoms with E-state index in [1.54, 1.807) is 36.0 Å². The van der Waals surface area contributed by atoms with E-state index in [4.69, 9.17) is 0 Å². The molecule has 0 atom stereocenters. The van der Waals surface area contributed by atoms with Gasteiger partial charge in [0.25, 0.3) is 0 Å². The van der Waals surface area contributed by atoms with Crippen molar-refractivity contribution >= 4 is 27.4 Å². The van der Waals surface area contributed by atoms with Crippen molar-refractivity contribution in [1.29, 1.82) is 0 Å². The number of aryl methyl sites for hydroxylation is 1. The third-order valence-electron chi connectivity index (χ3n) is 3.08. The van der Waals surface area contributed by atoms with Crippen LogP contribution in [0, 0.1) is 6.92 Å². The number of carbonyl (C=O) groups excluding carboxylic acids is 1. The third kappa shape index (κ3) is 3.95. The zero-order valence-electron chi connectivity index (χ0n) is 11.9. The molecule has 0 aliphatic heterocycles. The average Bonchev–Trinajstić information content (AvgIpc) is 2.47. The number of benzene rings is 2. The molecule has 0 saturated carbocycles. The minimum absolute atomic E-state index is 0.191. The molecule has 0 aliphatic rings. The summed E-state index contributed by atoms with van der Waals surface area (Å²) in [6.45, 7) is 1.82. The van der Waals surface area contributed by atoms with Crippen LogP contribution in [0.25, 0.3) is 0 Å². The van der Waals surface area contributed by atoms with Crippen molar-refractivity contribution in [2.75, 3.05) is 12.0 Å². The minimum atomic E-state index is -3.60. The Labute approximate surface area is 129 Å². The van der Waals surface area contributed by atoms with Gasteiger partial charge >= 0.3 is 0 Å². The molecule has 0 unspecified atom stereocenters. The van der Waals surface area contributed by atoms with Crippen LogP contribution in [-0.4, -0.2) is 26.2 Å². The standard InChI is InChI=1S/C16H16O3S2/c1-12-4-3-5-15(10-12)21(18,19)11-16(17)13-6-8-14(20-2)9-7-13/h3-10H,11H2,1-2H3. The highest BCUT2D eigenvalue weighted by Gasteiger charge is 2.20. The van der Waals surface area contributed by atoms with Gasteiger partial charge in [-0.1, -0.05) is 24.3 Å². The van der Waals surface area contributed by atoms with E-state index >= 15 is 0 Å². The van der Waals surface area contributed by atoms with Crippen LogP contribution in [0.5, 0.6) is 0 Å². The molecule has 2 aromatic carbocycles. The highest BCUT2D eigenvalue weighted by molar-refractivity contribution is 7.98. The Hall–Kier alpha value is -1.59. The molecule has 3 nitrogen and oxygen atoms in total. The van der Waals surface area contributed by atoms with Crippen LogP contribution in [0.15, 0.2) is 58.3 Å². The number of rotatable bonds is 5. The van der Waals surface area contributed by atoms with Crippen molar-refractivity contribution < 1.29 is 13.2 Å². The van der Waals surface area contributed by atoms with E-state index in [1.165, 1.54) is 6.07 Å². The number of ketones is 1. The predicted molar refractivity (Wildman–Crippen MR) is 85.8 cm³/mol. The first-order chi connectivity index (χ1) is 9.92. The van der Waals surface area contributed by atoms with E-state index in [0.29, 0.717) is 5.56 Å². The summed E-state index contributed by atoms with van der Waals surface area (Å²) >= 11 is 1.57. The number of sulfone groups is 1. The van der Waals surface area contributed by atoms with Gasteiger partial charge < -0.3 is 0 Å². The van der Waals surface area contributed by atoms with Gasteiger partial charge in [-0.2, -0.15) is 0 Å². The summed E-state index contributed by atoms with van der Waals surface area (Å²) in [5, 5.41) is 0. The van der Waals surface area contributed by atoms with Crippen LogP contribution in [0.2, 0.25) is 0 Å². The molecule has 0 aliphatic carbocycles. The molecule has 0 spiro atoms. The Morgan fingerprint density at radius 2 is 1.76 bits per heavy atom. The van der Waals surface area contributed by atoms with Crippen LogP contribution >= 0.6 is 11.8 Å². The van der Waals surface area contributed by atoms with Crippen molar-refractivity contribution in [3.05, 3.63) is 59.7 Å². The lowest BCUT2D eigenvalue weighted by atomic mass is 10.1. The van der Waals surface area contributed by atoms with Crippen molar-refractivity contribution in [2.45, 2.75) is 16.7 Å². The first kappa shape index (κ1) is 15.8. The zero-order chi connectivity index (χ0) is 15.5. The Morgan fingerprint density at radius 1 is 1.10 bits per heavy atom. The molecule has 21 heavy (non-hydrogen) atoms. The summed E-state index contributed by atoms with van der Waals surface area (Å²) in [6.07, 6.45) is 1.94. The summed E-state index contributed by atoms with van der Waals surface area (Å²) in [4.78, 5) is 13.4. The van der Waals surface area contributed by atoms with Gasteiger partial charge in [-0.05, 0) is 43.0 Å². The normalized spacial score (nSPS) is 11.3. The molecule has 5 heteroatoms. The first-order valence-electron chi connectivity index (χ1n) is 6.39. The first-order valence-corrected chi connectivity index (χ1v) is 9.27. The maximum Gasteiger partial charge on any atom is 0.185 e. The molecule has 0 saturated heterocycles. The summed E-state index contributed by atoms with van der Waals surface area (Å²) < 4.78 is 24.5. The molecule has 0 N–H and O–H groups in total. The second-order valence-electron chi connectivity index (χ2n) is 4.73. The fourth-order valence-corrected chi connectivity index (χ4v) is 3.66. The van der Waals surface area contributed by atoms with E-state index in [9.17, 15) is 13.2 Å². The number of thioether (sulfide) groups is 1. The second-order valence-corrected chi connectivity index (χ2v) is 7.60. The van der Waals surface area contributed by atoms with Gasteiger partial charge in [0.15, 0.2) is 15.6 Å². The van der Waals surface area contributed by atoms with Crippen molar-refractivity contribution in [2.24, 2.45) is 0 Å². The Balaban J connectivity index is 2.21. The van der Waals surface area contributed by atoms with E-state index in [-0.39, 0.29) is 10.7 Å². The van der Waals surface area contributed by atoms with Crippen LogP contribution in [-0.2, 0) is 9.84 Å². The van der Waals surface area contributed by atoms with Crippen LogP contribution in [0.4, 0.5) is 0 Å². The fourth-order valence-electron chi connectivity index (χ4n) is 1.92. The van der Waals surface area contributed by atoms with Gasteiger partial charge in [-0.25, -0.2) is 8.42 Å². The lowest BCUT2D eigenvalue weighted by Crippen LogP contribution is -2.16. The van der Waals surface area contributed by atoms with E-state index < -0.39 is 15.6 Å². The van der Waals surface area contributed by atoms with Crippen LogP contribution in [0.1, 0.15) is 15.9 Å². The Bertz CT molecular complexity index is 747. The zero-order valence-corrected chi connectivity index (χ0v) is 13.5. The summed E-state index contributed by atoms with van der Waals surface area (Å²) in [7, 11) is -3.60. The number of Topliss-reactive ketones (excluding diaryl/α,β-unsaturated/α-hetero) is 1. The molecule has 0 radical (unpaired) electrons. The lowest BCUT2D eigenvalue weighted by molar-refractivity contribution is 0.102. The molecule has 2 aromatic rings. The second kappa shape index (κ2) is 6.45. The number of hydrogen-bond donors (Lipinski definition) is 0. The van der Waals surface area contributed by atoms with Crippen molar-refractivity contribution in [1.82, 2.24) is 0 Å². The molecule has 0 aromatic heterocycles. The highest BCUT2D eigenvalue weighted by Crippen LogP contribution is 2.17. The average molecular weight is 320 g/mol. The van der Waals surface area contributed by atoms with Crippen LogP contribution in [0.3, 0.4) is 0 Å². The number of carbonyl (C=O) groups is 1. The van der Waals surface area contributed by atoms with E-state index in [1.807, 2.05) is 31.4 Å². The molecule has 110 valence electrons. The number of hydrogen-bond acceptors (Lipinski definition) is 4. The Morgan fingerprint density at radius 3 is 2.33 bits per heavy atom. The largest absolute Gasteiger partial charge is 0.293 e. The highest BCUT2D eigenvalue weighted by atomic mass is 32.2. The van der Waals surface area contributed by atoms with Crippen LogP contribution < -0.4 is 0 Å². The van der Waals surface area contributed by atoms with Gasteiger partial charge in [0.05, 0.1) is 4.90 Å². The van der Waals surface area contributed by atoms with E-state index in [0.717, 1.165) is 10.5 Å². The van der Waals surface area contributed by atoms with Crippen molar-refractivity contribution in [3.8, 4) is 0 Å². The third-order valence-corrected chi connectivity index (χ3v) is 5.44. The van der Waals surface area contributed by atoms with Gasteiger partial charge in [0, 0.05) is 10.5 Å². The van der Waals surface area contributed by atoms with Gasteiger partial charge in [-0.15, -0.1) is 11.8 Å². The molecule has 0 fully saturated rings. The molecule has 0 bridgehead atoms. The fraction of sp³-hybridized carbons (Fsp3) is 0.188. The monoisotopic (exact) mass is 320 g/mol. The SMILES string of the molecule is CSc1ccc(C(=O)CS(=O)(=O)c2cccc(C)c2)cc1.